The molecule has 0 spiro atoms. The number of rotatable bonds is 5. The van der Waals surface area contributed by atoms with Crippen LogP contribution in [0.5, 0.6) is 0 Å². The molecule has 0 aliphatic carbocycles. The Morgan fingerprint density at radius 2 is 1.96 bits per heavy atom. The van der Waals surface area contributed by atoms with Gasteiger partial charge in [-0.05, 0) is 30.7 Å². The van der Waals surface area contributed by atoms with E-state index in [9.17, 15) is 4.79 Å². The molecule has 0 saturated heterocycles. The van der Waals surface area contributed by atoms with Crippen LogP contribution in [0, 0.1) is 0 Å². The highest BCUT2D eigenvalue weighted by Crippen LogP contribution is 2.25. The Hall–Kier alpha value is -2.66. The SMILES string of the molecule is CC(OC(=O)c1ccc(Cn2cncn2)cc1)c1ccccc1Cl. The molecule has 1 atom stereocenters. The topological polar surface area (TPSA) is 57.0 Å². The Kier molecular flexibility index (Phi) is 4.91. The van der Waals surface area contributed by atoms with E-state index in [2.05, 4.69) is 10.1 Å². The van der Waals surface area contributed by atoms with E-state index < -0.39 is 6.10 Å². The zero-order chi connectivity index (χ0) is 16.9. The number of hydrogen-bond acceptors (Lipinski definition) is 4. The van der Waals surface area contributed by atoms with Crippen LogP contribution in [0.1, 0.15) is 34.5 Å². The molecule has 1 heterocycles. The van der Waals surface area contributed by atoms with Crippen molar-refractivity contribution in [1.29, 1.82) is 0 Å². The van der Waals surface area contributed by atoms with Crippen LogP contribution in [0.3, 0.4) is 0 Å². The molecule has 0 radical (unpaired) electrons. The van der Waals surface area contributed by atoms with Gasteiger partial charge in [0.25, 0.3) is 0 Å². The summed E-state index contributed by atoms with van der Waals surface area (Å²) < 4.78 is 7.21. The summed E-state index contributed by atoms with van der Waals surface area (Å²) in [5, 5.41) is 4.64. The van der Waals surface area contributed by atoms with E-state index >= 15 is 0 Å². The van der Waals surface area contributed by atoms with Crippen molar-refractivity contribution in [3.05, 3.63) is 82.9 Å². The van der Waals surface area contributed by atoms with E-state index in [1.54, 1.807) is 36.1 Å². The second-order valence-corrected chi connectivity index (χ2v) is 5.77. The number of halogens is 1. The molecule has 3 rings (SSSR count). The maximum absolute atomic E-state index is 12.3. The van der Waals surface area contributed by atoms with Crippen LogP contribution in [-0.4, -0.2) is 20.7 Å². The third-order valence-corrected chi connectivity index (χ3v) is 3.97. The van der Waals surface area contributed by atoms with Gasteiger partial charge in [0.05, 0.1) is 12.1 Å². The van der Waals surface area contributed by atoms with E-state index in [0.29, 0.717) is 17.1 Å². The van der Waals surface area contributed by atoms with E-state index in [4.69, 9.17) is 16.3 Å². The fraction of sp³-hybridized carbons (Fsp3) is 0.167. The average molecular weight is 342 g/mol. The molecule has 5 nitrogen and oxygen atoms in total. The largest absolute Gasteiger partial charge is 0.454 e. The first-order valence-corrected chi connectivity index (χ1v) is 7.88. The summed E-state index contributed by atoms with van der Waals surface area (Å²) in [6.45, 7) is 2.41. The van der Waals surface area contributed by atoms with Crippen molar-refractivity contribution < 1.29 is 9.53 Å². The van der Waals surface area contributed by atoms with Crippen LogP contribution in [-0.2, 0) is 11.3 Å². The first kappa shape index (κ1) is 16.2. The molecule has 122 valence electrons. The Bertz CT molecular complexity index is 817. The van der Waals surface area contributed by atoms with Gasteiger partial charge in [0.1, 0.15) is 18.8 Å². The lowest BCUT2D eigenvalue weighted by molar-refractivity contribution is 0.0338. The zero-order valence-corrected chi connectivity index (χ0v) is 13.8. The highest BCUT2D eigenvalue weighted by molar-refractivity contribution is 6.31. The number of hydrogen-bond donors (Lipinski definition) is 0. The third-order valence-electron chi connectivity index (χ3n) is 3.63. The van der Waals surface area contributed by atoms with Gasteiger partial charge >= 0.3 is 5.97 Å². The Labute approximate surface area is 144 Å². The summed E-state index contributed by atoms with van der Waals surface area (Å²) in [5.74, 6) is -0.380. The number of carbonyl (C=O) groups excluding carboxylic acids is 1. The molecule has 0 fully saturated rings. The maximum atomic E-state index is 12.3. The molecule has 0 aliphatic heterocycles. The number of ether oxygens (including phenoxy) is 1. The molecule has 0 aliphatic rings. The highest BCUT2D eigenvalue weighted by atomic mass is 35.5. The van der Waals surface area contributed by atoms with Gasteiger partial charge in [0.2, 0.25) is 0 Å². The molecule has 0 bridgehead atoms. The number of aromatic nitrogens is 3. The number of esters is 1. The second kappa shape index (κ2) is 7.27. The fourth-order valence-electron chi connectivity index (χ4n) is 2.34. The molecule has 3 aromatic rings. The van der Waals surface area contributed by atoms with Crippen molar-refractivity contribution in [2.45, 2.75) is 19.6 Å². The van der Waals surface area contributed by atoms with Gasteiger partial charge in [-0.25, -0.2) is 14.5 Å². The van der Waals surface area contributed by atoms with E-state index in [0.717, 1.165) is 11.1 Å². The Morgan fingerprint density at radius 1 is 1.21 bits per heavy atom. The van der Waals surface area contributed by atoms with Gasteiger partial charge in [0.15, 0.2) is 0 Å². The maximum Gasteiger partial charge on any atom is 0.338 e. The summed E-state index contributed by atoms with van der Waals surface area (Å²) in [4.78, 5) is 16.2. The van der Waals surface area contributed by atoms with Crippen LogP contribution in [0.2, 0.25) is 5.02 Å². The van der Waals surface area contributed by atoms with Gasteiger partial charge < -0.3 is 4.74 Å². The summed E-state index contributed by atoms with van der Waals surface area (Å²) in [7, 11) is 0. The minimum Gasteiger partial charge on any atom is -0.454 e. The number of carbonyl (C=O) groups is 1. The van der Waals surface area contributed by atoms with Crippen LogP contribution in [0.4, 0.5) is 0 Å². The van der Waals surface area contributed by atoms with Crippen molar-refractivity contribution in [3.8, 4) is 0 Å². The first-order valence-electron chi connectivity index (χ1n) is 7.50. The minimum atomic E-state index is -0.416. The molecule has 0 N–H and O–H groups in total. The monoisotopic (exact) mass is 341 g/mol. The highest BCUT2D eigenvalue weighted by Gasteiger charge is 2.15. The van der Waals surface area contributed by atoms with Crippen molar-refractivity contribution in [1.82, 2.24) is 14.8 Å². The molecule has 0 amide bonds. The molecular weight excluding hydrogens is 326 g/mol. The molecule has 0 saturated carbocycles. The van der Waals surface area contributed by atoms with Crippen molar-refractivity contribution in [3.63, 3.8) is 0 Å². The minimum absolute atomic E-state index is 0.380. The molecule has 6 heteroatoms. The molecular formula is C18H16ClN3O2. The van der Waals surface area contributed by atoms with E-state index in [1.165, 1.54) is 6.33 Å². The van der Waals surface area contributed by atoms with Gasteiger partial charge in [-0.2, -0.15) is 5.10 Å². The summed E-state index contributed by atoms with van der Waals surface area (Å²) in [5.41, 5.74) is 2.31. The Balaban J connectivity index is 1.66. The standard InChI is InChI=1S/C18H16ClN3O2/c1-13(16-4-2-3-5-17(16)19)24-18(23)15-8-6-14(7-9-15)10-22-12-20-11-21-22/h2-9,11-13H,10H2,1H3. The second-order valence-electron chi connectivity index (χ2n) is 5.36. The quantitative estimate of drug-likeness (QED) is 0.660. The van der Waals surface area contributed by atoms with Crippen molar-refractivity contribution in [2.75, 3.05) is 0 Å². The third kappa shape index (κ3) is 3.81. The van der Waals surface area contributed by atoms with Crippen molar-refractivity contribution in [2.24, 2.45) is 0 Å². The number of nitrogens with zero attached hydrogens (tertiary/aromatic N) is 3. The lowest BCUT2D eigenvalue weighted by atomic mass is 10.1. The lowest BCUT2D eigenvalue weighted by Gasteiger charge is -2.15. The summed E-state index contributed by atoms with van der Waals surface area (Å²) in [6.07, 6.45) is 2.72. The van der Waals surface area contributed by atoms with Crippen molar-refractivity contribution >= 4 is 17.6 Å². The number of benzene rings is 2. The normalized spacial score (nSPS) is 11.9. The predicted octanol–water partition coefficient (Wildman–Crippen LogP) is 3.90. The van der Waals surface area contributed by atoms with E-state index in [1.807, 2.05) is 30.3 Å². The van der Waals surface area contributed by atoms with Crippen LogP contribution in [0.25, 0.3) is 0 Å². The molecule has 2 aromatic carbocycles. The molecule has 24 heavy (non-hydrogen) atoms. The smallest absolute Gasteiger partial charge is 0.338 e. The molecule has 1 aromatic heterocycles. The van der Waals surface area contributed by atoms with Gasteiger partial charge in [-0.3, -0.25) is 0 Å². The van der Waals surface area contributed by atoms with Crippen LogP contribution >= 0.6 is 11.6 Å². The van der Waals surface area contributed by atoms with E-state index in [-0.39, 0.29) is 5.97 Å². The van der Waals surface area contributed by atoms with Gasteiger partial charge in [-0.15, -0.1) is 0 Å². The van der Waals surface area contributed by atoms with Gasteiger partial charge in [0, 0.05) is 10.6 Å². The summed E-state index contributed by atoms with van der Waals surface area (Å²) >= 11 is 6.13. The lowest BCUT2D eigenvalue weighted by Crippen LogP contribution is -2.10. The average Bonchev–Trinajstić information content (AvgIpc) is 3.08. The molecule has 1 unspecified atom stereocenters. The predicted molar refractivity (Wildman–Crippen MR) is 90.8 cm³/mol. The van der Waals surface area contributed by atoms with Gasteiger partial charge in [-0.1, -0.05) is 41.9 Å². The Morgan fingerprint density at radius 3 is 2.62 bits per heavy atom. The summed E-state index contributed by atoms with van der Waals surface area (Å²) in [6, 6.07) is 14.6. The zero-order valence-electron chi connectivity index (χ0n) is 13.1. The first-order chi connectivity index (χ1) is 11.6. The fourth-order valence-corrected chi connectivity index (χ4v) is 2.63. The van der Waals surface area contributed by atoms with Crippen LogP contribution in [0.15, 0.2) is 61.2 Å². The van der Waals surface area contributed by atoms with Crippen LogP contribution < -0.4 is 0 Å².